The molecule has 2 aromatic heterocycles. The summed E-state index contributed by atoms with van der Waals surface area (Å²) in [5.74, 6) is 0. The van der Waals surface area contributed by atoms with Crippen LogP contribution in [0.4, 0.5) is 0 Å². The van der Waals surface area contributed by atoms with Crippen LogP contribution in [0.2, 0.25) is 0 Å². The lowest BCUT2D eigenvalue weighted by Crippen LogP contribution is -1.79. The van der Waals surface area contributed by atoms with Crippen molar-refractivity contribution in [1.29, 1.82) is 0 Å². The zero-order chi connectivity index (χ0) is 8.39. The molecule has 0 aliphatic carbocycles. The maximum absolute atomic E-state index is 4.82. The van der Waals surface area contributed by atoms with Gasteiger partial charge >= 0.3 is 0 Å². The molecule has 12 heavy (non-hydrogen) atoms. The topological polar surface area (TPSA) is 38.9 Å². The largest absolute Gasteiger partial charge is 0.364 e. The van der Waals surface area contributed by atoms with E-state index >= 15 is 0 Å². The molecule has 3 nitrogen and oxygen atoms in total. The minimum absolute atomic E-state index is 0.892. The fourth-order valence-electron chi connectivity index (χ4n) is 1.09. The molecule has 0 aliphatic heterocycles. The second-order valence-corrected chi connectivity index (χ2v) is 2.56. The highest BCUT2D eigenvalue weighted by Crippen LogP contribution is 2.20. The lowest BCUT2D eigenvalue weighted by Gasteiger charge is -1.94. The molecule has 0 aliphatic rings. The zero-order valence-corrected chi connectivity index (χ0v) is 6.69. The molecule has 0 spiro atoms. The minimum atomic E-state index is 0.892. The quantitative estimate of drug-likeness (QED) is 0.640. The molecule has 3 heteroatoms. The van der Waals surface area contributed by atoms with Crippen molar-refractivity contribution < 1.29 is 4.52 Å². The summed E-state index contributed by atoms with van der Waals surface area (Å²) in [5.41, 5.74) is 2.93. The van der Waals surface area contributed by atoms with Crippen LogP contribution in [-0.4, -0.2) is 10.1 Å². The van der Waals surface area contributed by atoms with Crippen molar-refractivity contribution in [2.24, 2.45) is 0 Å². The Bertz CT molecular complexity index is 367. The SMILES string of the molecule is Cc1nocc1-c1cccnc1. The standard InChI is InChI=1S/C9H8N2O/c1-7-9(6-12-11-7)8-3-2-4-10-5-8/h2-6H,1H3. The van der Waals surface area contributed by atoms with Gasteiger partial charge in [-0.05, 0) is 13.0 Å². The van der Waals surface area contributed by atoms with Crippen molar-refractivity contribution in [3.8, 4) is 11.1 Å². The van der Waals surface area contributed by atoms with Gasteiger partial charge in [0, 0.05) is 23.5 Å². The van der Waals surface area contributed by atoms with Crippen molar-refractivity contribution in [2.75, 3.05) is 0 Å². The number of pyridine rings is 1. The van der Waals surface area contributed by atoms with Crippen molar-refractivity contribution in [1.82, 2.24) is 10.1 Å². The van der Waals surface area contributed by atoms with Gasteiger partial charge in [0.15, 0.2) is 0 Å². The third-order valence-corrected chi connectivity index (χ3v) is 1.72. The van der Waals surface area contributed by atoms with Crippen LogP contribution in [0.15, 0.2) is 35.3 Å². The molecule has 0 unspecified atom stereocenters. The van der Waals surface area contributed by atoms with E-state index in [2.05, 4.69) is 10.1 Å². The Kier molecular flexibility index (Phi) is 1.63. The summed E-state index contributed by atoms with van der Waals surface area (Å²) in [7, 11) is 0. The Labute approximate surface area is 70.0 Å². The Morgan fingerprint density at radius 1 is 1.42 bits per heavy atom. The van der Waals surface area contributed by atoms with E-state index in [4.69, 9.17) is 4.52 Å². The third kappa shape index (κ3) is 1.09. The number of rotatable bonds is 1. The van der Waals surface area contributed by atoms with Gasteiger partial charge in [-0.15, -0.1) is 0 Å². The van der Waals surface area contributed by atoms with E-state index in [-0.39, 0.29) is 0 Å². The summed E-state index contributed by atoms with van der Waals surface area (Å²) in [6.45, 7) is 1.91. The van der Waals surface area contributed by atoms with Crippen molar-refractivity contribution in [3.63, 3.8) is 0 Å². The summed E-state index contributed by atoms with van der Waals surface area (Å²) >= 11 is 0. The molecular weight excluding hydrogens is 152 g/mol. The first-order valence-electron chi connectivity index (χ1n) is 3.69. The number of hydrogen-bond acceptors (Lipinski definition) is 3. The van der Waals surface area contributed by atoms with Gasteiger partial charge in [0.25, 0.3) is 0 Å². The summed E-state index contributed by atoms with van der Waals surface area (Å²) < 4.78 is 4.82. The Morgan fingerprint density at radius 2 is 2.33 bits per heavy atom. The summed E-state index contributed by atoms with van der Waals surface area (Å²) in [6, 6.07) is 3.87. The van der Waals surface area contributed by atoms with Gasteiger partial charge in [-0.1, -0.05) is 11.2 Å². The zero-order valence-electron chi connectivity index (χ0n) is 6.69. The molecule has 2 rings (SSSR count). The third-order valence-electron chi connectivity index (χ3n) is 1.72. The number of nitrogens with zero attached hydrogens (tertiary/aromatic N) is 2. The first kappa shape index (κ1) is 7.03. The molecule has 0 saturated heterocycles. The molecule has 0 aromatic carbocycles. The predicted molar refractivity (Wildman–Crippen MR) is 44.5 cm³/mol. The molecule has 0 bridgehead atoms. The van der Waals surface area contributed by atoms with Crippen LogP contribution in [0.5, 0.6) is 0 Å². The van der Waals surface area contributed by atoms with Gasteiger partial charge in [-0.3, -0.25) is 4.98 Å². The maximum atomic E-state index is 4.82. The lowest BCUT2D eigenvalue weighted by molar-refractivity contribution is 0.415. The average Bonchev–Trinajstić information content (AvgIpc) is 2.53. The Balaban J connectivity index is 2.51. The van der Waals surface area contributed by atoms with Crippen molar-refractivity contribution >= 4 is 0 Å². The van der Waals surface area contributed by atoms with Crippen LogP contribution in [0.3, 0.4) is 0 Å². The maximum Gasteiger partial charge on any atom is 0.131 e. The summed E-state index contributed by atoms with van der Waals surface area (Å²) in [4.78, 5) is 4.01. The molecule has 0 fully saturated rings. The monoisotopic (exact) mass is 160 g/mol. The van der Waals surface area contributed by atoms with Gasteiger partial charge in [0.05, 0.1) is 5.69 Å². The Hall–Kier alpha value is -1.64. The van der Waals surface area contributed by atoms with Gasteiger partial charge in [-0.25, -0.2) is 0 Å². The van der Waals surface area contributed by atoms with E-state index in [0.717, 1.165) is 16.8 Å². The second kappa shape index (κ2) is 2.77. The van der Waals surface area contributed by atoms with Crippen LogP contribution >= 0.6 is 0 Å². The summed E-state index contributed by atoms with van der Waals surface area (Å²) in [6.07, 6.45) is 5.16. The van der Waals surface area contributed by atoms with E-state index in [0.29, 0.717) is 0 Å². The summed E-state index contributed by atoms with van der Waals surface area (Å²) in [5, 5.41) is 3.79. The van der Waals surface area contributed by atoms with Crippen LogP contribution in [-0.2, 0) is 0 Å². The molecule has 0 N–H and O–H groups in total. The first-order valence-corrected chi connectivity index (χ1v) is 3.69. The molecular formula is C9H8N2O. The Morgan fingerprint density at radius 3 is 2.92 bits per heavy atom. The van der Waals surface area contributed by atoms with E-state index in [1.807, 2.05) is 19.1 Å². The number of aromatic nitrogens is 2. The lowest BCUT2D eigenvalue weighted by atomic mass is 10.1. The number of aryl methyl sites for hydroxylation is 1. The second-order valence-electron chi connectivity index (χ2n) is 2.56. The fourth-order valence-corrected chi connectivity index (χ4v) is 1.09. The van der Waals surface area contributed by atoms with E-state index in [9.17, 15) is 0 Å². The first-order chi connectivity index (χ1) is 5.88. The molecule has 0 saturated carbocycles. The normalized spacial score (nSPS) is 10.1. The van der Waals surface area contributed by atoms with E-state index < -0.39 is 0 Å². The molecule has 2 aromatic rings. The minimum Gasteiger partial charge on any atom is -0.364 e. The highest BCUT2D eigenvalue weighted by molar-refractivity contribution is 5.62. The predicted octanol–water partition coefficient (Wildman–Crippen LogP) is 2.05. The fraction of sp³-hybridized carbons (Fsp3) is 0.111. The number of hydrogen-bond donors (Lipinski definition) is 0. The van der Waals surface area contributed by atoms with E-state index in [1.54, 1.807) is 18.7 Å². The van der Waals surface area contributed by atoms with Gasteiger partial charge < -0.3 is 4.52 Å². The average molecular weight is 160 g/mol. The molecule has 2 heterocycles. The van der Waals surface area contributed by atoms with Crippen molar-refractivity contribution in [3.05, 3.63) is 36.5 Å². The van der Waals surface area contributed by atoms with Gasteiger partial charge in [0.1, 0.15) is 6.26 Å². The highest BCUT2D eigenvalue weighted by atomic mass is 16.5. The van der Waals surface area contributed by atoms with Gasteiger partial charge in [0.2, 0.25) is 0 Å². The molecule has 60 valence electrons. The van der Waals surface area contributed by atoms with Crippen LogP contribution < -0.4 is 0 Å². The van der Waals surface area contributed by atoms with Crippen LogP contribution in [0.25, 0.3) is 11.1 Å². The van der Waals surface area contributed by atoms with Gasteiger partial charge in [-0.2, -0.15) is 0 Å². The molecule has 0 radical (unpaired) electrons. The van der Waals surface area contributed by atoms with Crippen LogP contribution in [0, 0.1) is 6.92 Å². The highest BCUT2D eigenvalue weighted by Gasteiger charge is 2.04. The van der Waals surface area contributed by atoms with E-state index in [1.165, 1.54) is 0 Å². The molecule has 0 amide bonds. The van der Waals surface area contributed by atoms with Crippen molar-refractivity contribution in [2.45, 2.75) is 6.92 Å². The van der Waals surface area contributed by atoms with Crippen LogP contribution in [0.1, 0.15) is 5.69 Å². The molecule has 0 atom stereocenters. The smallest absolute Gasteiger partial charge is 0.131 e.